The van der Waals surface area contributed by atoms with Gasteiger partial charge in [-0.15, -0.1) is 0 Å². The van der Waals surface area contributed by atoms with E-state index in [1.165, 1.54) is 0 Å². The molecule has 0 unspecified atom stereocenters. The number of benzene rings is 5. The first-order chi connectivity index (χ1) is 18.0. The summed E-state index contributed by atoms with van der Waals surface area (Å²) in [5.74, 6) is 0. The minimum atomic E-state index is -4.02. The van der Waals surface area contributed by atoms with Crippen molar-refractivity contribution in [3.63, 3.8) is 0 Å². The van der Waals surface area contributed by atoms with Gasteiger partial charge >= 0.3 is 0 Å². The molecule has 0 saturated heterocycles. The number of hydrogen-bond acceptors (Lipinski definition) is 2. The molecule has 0 fully saturated rings. The lowest BCUT2D eigenvalue weighted by molar-refractivity contribution is 0.598. The summed E-state index contributed by atoms with van der Waals surface area (Å²) in [5, 5.41) is 4.03. The Balaban J connectivity index is 1.96. The summed E-state index contributed by atoms with van der Waals surface area (Å²) in [6, 6.07) is 47.1. The molecule has 5 aromatic carbocycles. The predicted octanol–water partition coefficient (Wildman–Crippen LogP) is 7.04. The van der Waals surface area contributed by atoms with Gasteiger partial charge in [0, 0.05) is 22.7 Å². The molecule has 0 bridgehead atoms. The van der Waals surface area contributed by atoms with Crippen molar-refractivity contribution in [2.75, 3.05) is 0 Å². The molecule has 0 radical (unpaired) electrons. The van der Waals surface area contributed by atoms with Crippen LogP contribution in [0.3, 0.4) is 0 Å². The maximum Gasteiger partial charge on any atom is 0.281 e. The highest BCUT2D eigenvalue weighted by Gasteiger charge is 2.39. The van der Waals surface area contributed by atoms with E-state index in [1.807, 2.05) is 97.1 Å². The molecule has 184 valence electrons. The van der Waals surface area contributed by atoms with Crippen LogP contribution in [-0.2, 0) is 10.0 Å². The highest BCUT2D eigenvalue weighted by atomic mass is 79.9. The van der Waals surface area contributed by atoms with Crippen molar-refractivity contribution < 1.29 is 8.42 Å². The normalized spacial score (nSPS) is 11.8. The number of rotatable bonds is 7. The number of sulfonamides is 1. The molecule has 3 nitrogen and oxygen atoms in total. The molecule has 0 aliphatic carbocycles. The fourth-order valence-electron chi connectivity index (χ4n) is 4.21. The lowest BCUT2D eigenvalue weighted by atomic mass is 10.4. The summed E-state index contributed by atoms with van der Waals surface area (Å²) in [5.41, 5.74) is 0. The van der Waals surface area contributed by atoms with Gasteiger partial charge in [0.25, 0.3) is 10.0 Å². The van der Waals surface area contributed by atoms with E-state index in [9.17, 15) is 8.42 Å². The Labute approximate surface area is 228 Å². The van der Waals surface area contributed by atoms with Gasteiger partial charge in [0.2, 0.25) is 0 Å². The van der Waals surface area contributed by atoms with Crippen molar-refractivity contribution in [1.29, 1.82) is 0 Å². The van der Waals surface area contributed by atoms with Gasteiger partial charge in [-0.05, 0) is 34.9 Å². The van der Waals surface area contributed by atoms with Gasteiger partial charge in [-0.1, -0.05) is 137 Å². The Morgan fingerprint density at radius 3 is 1.32 bits per heavy atom. The third-order valence-electron chi connectivity index (χ3n) is 5.86. The second kappa shape index (κ2) is 11.3. The average Bonchev–Trinajstić information content (AvgIpc) is 2.95. The molecule has 37 heavy (non-hydrogen) atoms. The molecule has 0 atom stereocenters. The third kappa shape index (κ3) is 5.42. The van der Waals surface area contributed by atoms with Crippen LogP contribution in [0.2, 0.25) is 0 Å². The van der Waals surface area contributed by atoms with E-state index >= 15 is 0 Å². The van der Waals surface area contributed by atoms with Crippen molar-refractivity contribution in [3.8, 4) is 0 Å². The lowest BCUT2D eigenvalue weighted by Crippen LogP contribution is -2.24. The van der Waals surface area contributed by atoms with Crippen LogP contribution >= 0.6 is 30.3 Å². The van der Waals surface area contributed by atoms with Crippen LogP contribution in [0.25, 0.3) is 0 Å². The van der Waals surface area contributed by atoms with Gasteiger partial charge in [0.05, 0.1) is 11.6 Å². The van der Waals surface area contributed by atoms with E-state index in [4.69, 9.17) is 4.15 Å². The second-order valence-corrected chi connectivity index (χ2v) is 18.1. The van der Waals surface area contributed by atoms with E-state index in [-0.39, 0.29) is 4.90 Å². The fourth-order valence-corrected chi connectivity index (χ4v) is 18.0. The Hall–Kier alpha value is -2.81. The van der Waals surface area contributed by atoms with Crippen molar-refractivity contribution in [2.24, 2.45) is 4.15 Å². The number of nitrogens with zero attached hydrogens (tertiary/aromatic N) is 1. The Morgan fingerprint density at radius 2 is 0.919 bits per heavy atom. The highest BCUT2D eigenvalue weighted by Crippen LogP contribution is 2.75. The second-order valence-electron chi connectivity index (χ2n) is 8.27. The topological polar surface area (TPSA) is 46.5 Å². The maximum absolute atomic E-state index is 14.1. The van der Waals surface area contributed by atoms with Crippen LogP contribution < -0.4 is 21.2 Å². The lowest BCUT2D eigenvalue weighted by Gasteiger charge is -2.34. The van der Waals surface area contributed by atoms with Gasteiger partial charge in [0.15, 0.2) is 0 Å². The molecule has 5 aromatic rings. The summed E-state index contributed by atoms with van der Waals surface area (Å²) >= 11 is 3.42. The molecule has 0 aliphatic heterocycles. The van der Waals surface area contributed by atoms with Crippen LogP contribution in [0, 0.1) is 0 Å². The van der Waals surface area contributed by atoms with Gasteiger partial charge in [-0.3, -0.25) is 0 Å². The molecular weight excluding hydrogens is 580 g/mol. The van der Waals surface area contributed by atoms with Crippen molar-refractivity contribution >= 4 is 61.5 Å². The van der Waals surface area contributed by atoms with E-state index in [1.54, 1.807) is 24.3 Å². The van der Waals surface area contributed by atoms with Crippen LogP contribution in [-0.4, -0.2) is 8.42 Å². The molecule has 0 N–H and O–H groups in total. The van der Waals surface area contributed by atoms with E-state index in [0.29, 0.717) is 0 Å². The quantitative estimate of drug-likeness (QED) is 0.187. The van der Waals surface area contributed by atoms with Crippen LogP contribution in [0.1, 0.15) is 0 Å². The van der Waals surface area contributed by atoms with E-state index in [0.717, 1.165) is 25.7 Å². The molecular formula is C30H24BrNO2P2S. The summed E-state index contributed by atoms with van der Waals surface area (Å²) in [6.45, 7) is -2.96. The van der Waals surface area contributed by atoms with Gasteiger partial charge < -0.3 is 0 Å². The Kier molecular flexibility index (Phi) is 7.88. The smallest absolute Gasteiger partial charge is 0.199 e. The van der Waals surface area contributed by atoms with Crippen molar-refractivity contribution in [2.45, 2.75) is 4.90 Å². The van der Waals surface area contributed by atoms with Crippen LogP contribution in [0.4, 0.5) is 0 Å². The van der Waals surface area contributed by atoms with Gasteiger partial charge in [-0.25, -0.2) is 0 Å². The molecule has 0 aliphatic rings. The predicted molar refractivity (Wildman–Crippen MR) is 162 cm³/mol. The molecule has 5 rings (SSSR count). The van der Waals surface area contributed by atoms with Crippen molar-refractivity contribution in [1.82, 2.24) is 0 Å². The SMILES string of the molecule is O=S(=O)(N=P(c1ccccc1)(c1ccccc1)P(c1ccccc1)c1ccccc1)c1ccc(Br)cc1. The molecule has 0 aromatic heterocycles. The van der Waals surface area contributed by atoms with Crippen molar-refractivity contribution in [3.05, 3.63) is 150 Å². The summed E-state index contributed by atoms with van der Waals surface area (Å²) in [4.78, 5) is 0.183. The highest BCUT2D eigenvalue weighted by molar-refractivity contribution is 9.10. The van der Waals surface area contributed by atoms with Crippen LogP contribution in [0.15, 0.2) is 159 Å². The zero-order valence-electron chi connectivity index (χ0n) is 19.8. The summed E-state index contributed by atoms with van der Waals surface area (Å²) in [7, 11) is -5.28. The van der Waals surface area contributed by atoms with E-state index < -0.39 is 24.4 Å². The molecule has 0 spiro atoms. The monoisotopic (exact) mass is 603 g/mol. The van der Waals surface area contributed by atoms with Gasteiger partial charge in [0.1, 0.15) is 0 Å². The maximum atomic E-state index is 14.1. The number of halogens is 1. The first kappa shape index (κ1) is 25.8. The fraction of sp³-hybridized carbons (Fsp3) is 0. The first-order valence-electron chi connectivity index (χ1n) is 11.7. The molecule has 0 saturated carbocycles. The minimum absolute atomic E-state index is 0.183. The minimum Gasteiger partial charge on any atom is -0.199 e. The zero-order valence-corrected chi connectivity index (χ0v) is 24.0. The Bertz CT molecular complexity index is 1550. The first-order valence-corrected chi connectivity index (χ1v) is 17.7. The van der Waals surface area contributed by atoms with Gasteiger partial charge in [-0.2, -0.15) is 12.6 Å². The third-order valence-corrected chi connectivity index (χ3v) is 18.4. The van der Waals surface area contributed by atoms with Crippen LogP contribution in [0.5, 0.6) is 0 Å². The largest absolute Gasteiger partial charge is 0.281 e. The number of hydrogen-bond donors (Lipinski definition) is 0. The molecule has 7 heteroatoms. The van der Waals surface area contributed by atoms with E-state index in [2.05, 4.69) is 40.2 Å². The Morgan fingerprint density at radius 1 is 0.541 bits per heavy atom. The molecule has 0 heterocycles. The standard InChI is InChI=1S/C30H24BrNO2P2S/c31-25-21-23-30(24-22-25)37(33,34)32-36(28-17-9-3-10-18-28,29-19-11-4-12-20-29)35(26-13-5-1-6-14-26)27-15-7-2-8-16-27/h1-24H. The zero-order chi connectivity index (χ0) is 25.7. The summed E-state index contributed by atoms with van der Waals surface area (Å²) in [6.07, 6.45) is 0. The average molecular weight is 604 g/mol. The summed E-state index contributed by atoms with van der Waals surface area (Å²) < 4.78 is 34.1. The molecule has 0 amide bonds.